The van der Waals surface area contributed by atoms with E-state index >= 15 is 0 Å². The van der Waals surface area contributed by atoms with Gasteiger partial charge in [0.1, 0.15) is 5.75 Å². The number of rotatable bonds is 10. The number of amides is 4. The zero-order valence-electron chi connectivity index (χ0n) is 25.1. The molecule has 0 atom stereocenters. The Morgan fingerprint density at radius 3 is 2.11 bits per heavy atom. The van der Waals surface area contributed by atoms with Gasteiger partial charge in [0, 0.05) is 41.5 Å². The molecule has 4 aromatic carbocycles. The fourth-order valence-electron chi connectivity index (χ4n) is 5.07. The number of benzene rings is 4. The van der Waals surface area contributed by atoms with Crippen LogP contribution in [-0.4, -0.2) is 49.6 Å². The van der Waals surface area contributed by atoms with Gasteiger partial charge in [0.15, 0.2) is 6.61 Å². The van der Waals surface area contributed by atoms with Gasteiger partial charge < -0.3 is 25.6 Å². The third-order valence-corrected chi connectivity index (χ3v) is 8.72. The molecule has 4 aromatic rings. The van der Waals surface area contributed by atoms with E-state index in [4.69, 9.17) is 9.88 Å². The average Bonchev–Trinajstić information content (AvgIpc) is 3.91. The molecule has 0 bridgehead atoms. The molecule has 1 saturated carbocycles. The van der Waals surface area contributed by atoms with Gasteiger partial charge in [-0.2, -0.15) is 0 Å². The molecule has 1 heterocycles. The van der Waals surface area contributed by atoms with Crippen LogP contribution in [0.2, 0.25) is 0 Å². The average molecular weight is 654 g/mol. The number of carbonyl (C=O) groups excluding carboxylic acids is 4. The van der Waals surface area contributed by atoms with Crippen molar-refractivity contribution in [3.05, 3.63) is 119 Å². The number of carbonyl (C=O) groups is 4. The van der Waals surface area contributed by atoms with Crippen LogP contribution in [0, 0.1) is 0 Å². The van der Waals surface area contributed by atoms with Gasteiger partial charge in [0.2, 0.25) is 10.0 Å². The molecular formula is C34H31N5O7S. The van der Waals surface area contributed by atoms with Crippen LogP contribution in [0.1, 0.15) is 55.0 Å². The van der Waals surface area contributed by atoms with E-state index in [1.165, 1.54) is 12.1 Å². The summed E-state index contributed by atoms with van der Waals surface area (Å²) in [5, 5.41) is 13.4. The fraction of sp³-hybridized carbons (Fsp3) is 0.176. The maximum Gasteiger partial charge on any atom is 0.262 e. The zero-order chi connectivity index (χ0) is 33.1. The standard InChI is InChI=1S/C34H31N5O7S/c35-47(44,45)28-14-3-21(4-15-28)18-36-32(41)23-7-10-26(11-8-23)37-33(42)24-5-1-22(2-6-24)19-39(27-12-13-27)34(43)25-9-16-29-30(17-25)46-20-31(40)38-29/h1-11,14-17,27H,12-13,18-20H2,(H,36,41)(H,37,42)(H,38,40)(H2,35,44,45). The summed E-state index contributed by atoms with van der Waals surface area (Å²) in [5.41, 5.74) is 3.92. The van der Waals surface area contributed by atoms with Crippen LogP contribution in [0.25, 0.3) is 0 Å². The largest absolute Gasteiger partial charge is 0.482 e. The van der Waals surface area contributed by atoms with Gasteiger partial charge in [-0.25, -0.2) is 13.6 Å². The molecule has 47 heavy (non-hydrogen) atoms. The molecule has 12 nitrogen and oxygen atoms in total. The topological polar surface area (TPSA) is 177 Å². The highest BCUT2D eigenvalue weighted by atomic mass is 32.2. The minimum absolute atomic E-state index is 0.00878. The second-order valence-corrected chi connectivity index (χ2v) is 12.9. The van der Waals surface area contributed by atoms with E-state index in [0.717, 1.165) is 18.4 Å². The first kappa shape index (κ1) is 31.5. The number of nitrogens with two attached hydrogens (primary N) is 1. The Labute approximate surface area is 271 Å². The van der Waals surface area contributed by atoms with E-state index in [2.05, 4.69) is 16.0 Å². The first-order chi connectivity index (χ1) is 22.5. The second-order valence-electron chi connectivity index (χ2n) is 11.3. The first-order valence-corrected chi connectivity index (χ1v) is 16.4. The Bertz CT molecular complexity index is 1960. The van der Waals surface area contributed by atoms with Gasteiger partial charge in [-0.15, -0.1) is 0 Å². The van der Waals surface area contributed by atoms with Crippen LogP contribution in [0.3, 0.4) is 0 Å². The molecule has 1 fully saturated rings. The number of nitrogens with one attached hydrogen (secondary N) is 3. The number of nitrogens with zero attached hydrogens (tertiary/aromatic N) is 1. The van der Waals surface area contributed by atoms with Gasteiger partial charge in [0.05, 0.1) is 10.6 Å². The van der Waals surface area contributed by atoms with Crippen molar-refractivity contribution in [2.45, 2.75) is 36.9 Å². The Morgan fingerprint density at radius 1 is 0.830 bits per heavy atom. The highest BCUT2D eigenvalue weighted by molar-refractivity contribution is 7.89. The summed E-state index contributed by atoms with van der Waals surface area (Å²) in [7, 11) is -3.79. The number of sulfonamides is 1. The minimum atomic E-state index is -3.79. The number of hydrogen-bond donors (Lipinski definition) is 4. The SMILES string of the molecule is NS(=O)(=O)c1ccc(CNC(=O)c2ccc(NC(=O)c3ccc(CN(C(=O)c4ccc5c(c4)OCC(=O)N5)C4CC4)cc3)cc2)cc1. The van der Waals surface area contributed by atoms with Gasteiger partial charge in [-0.3, -0.25) is 19.2 Å². The van der Waals surface area contributed by atoms with Crippen LogP contribution in [0.15, 0.2) is 95.9 Å². The first-order valence-electron chi connectivity index (χ1n) is 14.8. The molecule has 0 radical (unpaired) electrons. The van der Waals surface area contributed by atoms with Crippen LogP contribution >= 0.6 is 0 Å². The van der Waals surface area contributed by atoms with Crippen molar-refractivity contribution < 1.29 is 32.3 Å². The normalized spacial score (nSPS) is 13.9. The Morgan fingerprint density at radius 2 is 1.45 bits per heavy atom. The molecule has 2 aliphatic rings. The number of ether oxygens (including phenoxy) is 1. The molecule has 5 N–H and O–H groups in total. The van der Waals surface area contributed by atoms with Gasteiger partial charge >= 0.3 is 0 Å². The number of fused-ring (bicyclic) bond motifs is 1. The van der Waals surface area contributed by atoms with Crippen LogP contribution < -0.4 is 25.8 Å². The summed E-state index contributed by atoms with van der Waals surface area (Å²) < 4.78 is 28.3. The summed E-state index contributed by atoms with van der Waals surface area (Å²) in [6.45, 7) is 0.477. The summed E-state index contributed by atoms with van der Waals surface area (Å²) in [6, 6.07) is 24.5. The van der Waals surface area contributed by atoms with Crippen molar-refractivity contribution in [2.75, 3.05) is 17.2 Å². The lowest BCUT2D eigenvalue weighted by Gasteiger charge is -2.24. The molecular weight excluding hydrogens is 622 g/mol. The molecule has 0 unspecified atom stereocenters. The van der Waals surface area contributed by atoms with Gasteiger partial charge in [-0.05, 0) is 90.7 Å². The van der Waals surface area contributed by atoms with E-state index < -0.39 is 10.0 Å². The highest BCUT2D eigenvalue weighted by Gasteiger charge is 2.33. The Balaban J connectivity index is 1.03. The van der Waals surface area contributed by atoms with E-state index in [9.17, 15) is 27.6 Å². The molecule has 1 aliphatic carbocycles. The monoisotopic (exact) mass is 653 g/mol. The van der Waals surface area contributed by atoms with Crippen molar-refractivity contribution in [3.8, 4) is 5.75 Å². The van der Waals surface area contributed by atoms with Crippen molar-refractivity contribution >= 4 is 45.0 Å². The minimum Gasteiger partial charge on any atom is -0.482 e. The van der Waals surface area contributed by atoms with E-state index in [1.807, 2.05) is 17.0 Å². The van der Waals surface area contributed by atoms with Crippen LogP contribution in [0.4, 0.5) is 11.4 Å². The van der Waals surface area contributed by atoms with Crippen molar-refractivity contribution in [2.24, 2.45) is 5.14 Å². The number of hydrogen-bond acceptors (Lipinski definition) is 7. The third-order valence-electron chi connectivity index (χ3n) is 7.79. The Hall–Kier alpha value is -5.53. The summed E-state index contributed by atoms with van der Waals surface area (Å²) in [5.74, 6) is -0.561. The predicted octanol–water partition coefficient (Wildman–Crippen LogP) is 3.65. The Kier molecular flexibility index (Phi) is 8.74. The van der Waals surface area contributed by atoms with Crippen molar-refractivity contribution in [3.63, 3.8) is 0 Å². The van der Waals surface area contributed by atoms with E-state index in [-0.39, 0.29) is 47.7 Å². The van der Waals surface area contributed by atoms with Crippen molar-refractivity contribution in [1.82, 2.24) is 10.2 Å². The lowest BCUT2D eigenvalue weighted by Crippen LogP contribution is -2.33. The summed E-state index contributed by atoms with van der Waals surface area (Å²) in [4.78, 5) is 52.3. The molecule has 0 spiro atoms. The summed E-state index contributed by atoms with van der Waals surface area (Å²) in [6.07, 6.45) is 1.84. The van der Waals surface area contributed by atoms with Crippen LogP contribution in [-0.2, 0) is 27.9 Å². The molecule has 13 heteroatoms. The quantitative estimate of drug-likeness (QED) is 0.202. The third kappa shape index (κ3) is 7.65. The maximum absolute atomic E-state index is 13.4. The molecule has 0 saturated heterocycles. The van der Waals surface area contributed by atoms with E-state index in [0.29, 0.717) is 45.9 Å². The lowest BCUT2D eigenvalue weighted by molar-refractivity contribution is -0.118. The molecule has 4 amide bonds. The number of anilines is 2. The zero-order valence-corrected chi connectivity index (χ0v) is 25.9. The molecule has 240 valence electrons. The van der Waals surface area contributed by atoms with Crippen molar-refractivity contribution in [1.29, 1.82) is 0 Å². The maximum atomic E-state index is 13.4. The van der Waals surface area contributed by atoms with Gasteiger partial charge in [-0.1, -0.05) is 24.3 Å². The highest BCUT2D eigenvalue weighted by Crippen LogP contribution is 2.33. The number of primary sulfonamides is 1. The summed E-state index contributed by atoms with van der Waals surface area (Å²) >= 11 is 0. The lowest BCUT2D eigenvalue weighted by atomic mass is 10.1. The van der Waals surface area contributed by atoms with Gasteiger partial charge in [0.25, 0.3) is 23.6 Å². The predicted molar refractivity (Wildman–Crippen MR) is 173 cm³/mol. The second kappa shape index (κ2) is 13.1. The smallest absolute Gasteiger partial charge is 0.262 e. The fourth-order valence-corrected chi connectivity index (χ4v) is 5.59. The molecule has 6 rings (SSSR count). The van der Waals surface area contributed by atoms with E-state index in [1.54, 1.807) is 66.7 Å². The molecule has 0 aromatic heterocycles. The van der Waals surface area contributed by atoms with Crippen LogP contribution in [0.5, 0.6) is 5.75 Å². The molecule has 1 aliphatic heterocycles.